The molecule has 3 nitrogen and oxygen atoms in total. The molecule has 0 aliphatic carbocycles. The molecule has 4 heteroatoms. The molecule has 0 heterocycles. The number of nitrogens with zero attached hydrogens (tertiary/aromatic N) is 1. The maximum absolute atomic E-state index is 10.0. The minimum atomic E-state index is 0.175. The Balaban J connectivity index is 2.75. The van der Waals surface area contributed by atoms with Crippen LogP contribution in [0, 0.1) is 5.41 Å². The molecule has 0 saturated heterocycles. The predicted octanol–water partition coefficient (Wildman–Crippen LogP) is 3.78. The van der Waals surface area contributed by atoms with Crippen LogP contribution < -0.4 is 5.32 Å². The van der Waals surface area contributed by atoms with Crippen LogP contribution in [0.5, 0.6) is 5.75 Å². The second-order valence-corrected chi connectivity index (χ2v) is 7.36. The second kappa shape index (κ2) is 7.43. The molecule has 1 atom stereocenters. The van der Waals surface area contributed by atoms with E-state index in [-0.39, 0.29) is 11.5 Å². The Hall–Kier alpha value is -0.580. The van der Waals surface area contributed by atoms with Gasteiger partial charge in [-0.05, 0) is 44.1 Å². The van der Waals surface area contributed by atoms with E-state index < -0.39 is 0 Å². The smallest absolute Gasteiger partial charge is 0.120 e. The fraction of sp³-hybridized carbons (Fsp3) is 0.625. The highest BCUT2D eigenvalue weighted by atomic mass is 79.9. The van der Waals surface area contributed by atoms with Crippen LogP contribution in [0.1, 0.15) is 38.8 Å². The van der Waals surface area contributed by atoms with Crippen LogP contribution in [0.3, 0.4) is 0 Å². The molecule has 0 aliphatic rings. The van der Waals surface area contributed by atoms with Crippen molar-refractivity contribution in [3.8, 4) is 5.75 Å². The van der Waals surface area contributed by atoms with Crippen LogP contribution in [-0.2, 0) is 0 Å². The van der Waals surface area contributed by atoms with E-state index in [0.29, 0.717) is 5.75 Å². The van der Waals surface area contributed by atoms with Crippen LogP contribution in [-0.4, -0.2) is 37.2 Å². The molecule has 0 fully saturated rings. The van der Waals surface area contributed by atoms with Gasteiger partial charge in [-0.2, -0.15) is 0 Å². The van der Waals surface area contributed by atoms with Crippen molar-refractivity contribution in [3.63, 3.8) is 0 Å². The minimum absolute atomic E-state index is 0.175. The standard InChI is InChI=1S/C16H27BrN2O/c1-6-14(13-9-12(17)7-8-15(13)20)18-10-16(2,3)11-19(4)5/h7-9,14,18,20H,6,10-11H2,1-5H3. The van der Waals surface area contributed by atoms with Crippen molar-refractivity contribution < 1.29 is 5.11 Å². The Morgan fingerprint density at radius 2 is 2.00 bits per heavy atom. The molecule has 1 unspecified atom stereocenters. The molecule has 0 aliphatic heterocycles. The quantitative estimate of drug-likeness (QED) is 0.791. The molecule has 2 N–H and O–H groups in total. The summed E-state index contributed by atoms with van der Waals surface area (Å²) in [7, 11) is 4.19. The molecule has 0 spiro atoms. The lowest BCUT2D eigenvalue weighted by atomic mass is 9.91. The number of halogens is 1. The average Bonchev–Trinajstić information content (AvgIpc) is 2.32. The van der Waals surface area contributed by atoms with Crippen molar-refractivity contribution in [1.29, 1.82) is 0 Å². The highest BCUT2D eigenvalue weighted by Crippen LogP contribution is 2.30. The van der Waals surface area contributed by atoms with E-state index >= 15 is 0 Å². The maximum atomic E-state index is 10.0. The van der Waals surface area contributed by atoms with Gasteiger partial charge in [0.1, 0.15) is 5.75 Å². The zero-order valence-corrected chi connectivity index (χ0v) is 14.8. The summed E-state index contributed by atoms with van der Waals surface area (Å²) in [6.07, 6.45) is 0.946. The highest BCUT2D eigenvalue weighted by molar-refractivity contribution is 9.10. The van der Waals surface area contributed by atoms with Crippen LogP contribution in [0.2, 0.25) is 0 Å². The van der Waals surface area contributed by atoms with Gasteiger partial charge in [0, 0.05) is 29.2 Å². The summed E-state index contributed by atoms with van der Waals surface area (Å²) in [6.45, 7) is 8.59. The summed E-state index contributed by atoms with van der Waals surface area (Å²) in [5, 5.41) is 13.6. The van der Waals surface area contributed by atoms with Crippen molar-refractivity contribution in [3.05, 3.63) is 28.2 Å². The molecule has 20 heavy (non-hydrogen) atoms. The van der Waals surface area contributed by atoms with E-state index in [1.165, 1.54) is 0 Å². The van der Waals surface area contributed by atoms with Crippen molar-refractivity contribution in [2.45, 2.75) is 33.2 Å². The van der Waals surface area contributed by atoms with Gasteiger partial charge < -0.3 is 15.3 Å². The van der Waals surface area contributed by atoms with E-state index in [0.717, 1.165) is 29.5 Å². The number of aromatic hydroxyl groups is 1. The molecule has 0 radical (unpaired) electrons. The van der Waals surface area contributed by atoms with Crippen LogP contribution in [0.4, 0.5) is 0 Å². The first-order chi connectivity index (χ1) is 9.25. The summed E-state index contributed by atoms with van der Waals surface area (Å²) in [4.78, 5) is 2.21. The van der Waals surface area contributed by atoms with Gasteiger partial charge >= 0.3 is 0 Å². The van der Waals surface area contributed by atoms with Gasteiger partial charge in [-0.1, -0.05) is 36.7 Å². The number of hydrogen-bond donors (Lipinski definition) is 2. The third kappa shape index (κ3) is 5.43. The van der Waals surface area contributed by atoms with Crippen LogP contribution >= 0.6 is 15.9 Å². The lowest BCUT2D eigenvalue weighted by molar-refractivity contribution is 0.224. The largest absolute Gasteiger partial charge is 0.508 e. The predicted molar refractivity (Wildman–Crippen MR) is 89.2 cm³/mol. The Kier molecular flexibility index (Phi) is 6.49. The first kappa shape index (κ1) is 17.5. The van der Waals surface area contributed by atoms with Crippen molar-refractivity contribution in [1.82, 2.24) is 10.2 Å². The number of benzene rings is 1. The van der Waals surface area contributed by atoms with Gasteiger partial charge in [-0.25, -0.2) is 0 Å². The SMILES string of the molecule is CCC(NCC(C)(C)CN(C)C)c1cc(Br)ccc1O. The lowest BCUT2D eigenvalue weighted by Gasteiger charge is -2.31. The van der Waals surface area contributed by atoms with Gasteiger partial charge in [-0.15, -0.1) is 0 Å². The van der Waals surface area contributed by atoms with Gasteiger partial charge in [0.25, 0.3) is 0 Å². The normalized spacial score (nSPS) is 13.8. The van der Waals surface area contributed by atoms with E-state index in [2.05, 4.69) is 61.0 Å². The average molecular weight is 343 g/mol. The van der Waals surface area contributed by atoms with Gasteiger partial charge in [0.2, 0.25) is 0 Å². The minimum Gasteiger partial charge on any atom is -0.508 e. The lowest BCUT2D eigenvalue weighted by Crippen LogP contribution is -2.38. The molecular weight excluding hydrogens is 316 g/mol. The van der Waals surface area contributed by atoms with Crippen molar-refractivity contribution in [2.75, 3.05) is 27.2 Å². The van der Waals surface area contributed by atoms with E-state index in [1.54, 1.807) is 6.07 Å². The number of phenolic OH excluding ortho intramolecular Hbond substituents is 1. The summed E-state index contributed by atoms with van der Waals surface area (Å²) in [5.41, 5.74) is 1.15. The molecule has 114 valence electrons. The molecule has 1 aromatic rings. The van der Waals surface area contributed by atoms with E-state index in [1.807, 2.05) is 12.1 Å². The number of rotatable bonds is 7. The first-order valence-corrected chi connectivity index (χ1v) is 7.91. The van der Waals surface area contributed by atoms with Gasteiger partial charge in [-0.3, -0.25) is 0 Å². The first-order valence-electron chi connectivity index (χ1n) is 7.11. The Labute approximate surface area is 131 Å². The monoisotopic (exact) mass is 342 g/mol. The Morgan fingerprint density at radius 3 is 2.55 bits per heavy atom. The van der Waals surface area contributed by atoms with Gasteiger partial charge in [0.15, 0.2) is 0 Å². The zero-order valence-electron chi connectivity index (χ0n) is 13.2. The molecule has 0 aromatic heterocycles. The zero-order chi connectivity index (χ0) is 15.3. The number of nitrogens with one attached hydrogen (secondary N) is 1. The molecule has 0 amide bonds. The van der Waals surface area contributed by atoms with Crippen molar-refractivity contribution in [2.24, 2.45) is 5.41 Å². The molecule has 0 bridgehead atoms. The summed E-state index contributed by atoms with van der Waals surface area (Å²) >= 11 is 3.47. The fourth-order valence-corrected chi connectivity index (χ4v) is 2.97. The van der Waals surface area contributed by atoms with Crippen LogP contribution in [0.25, 0.3) is 0 Å². The molecule has 1 aromatic carbocycles. The molecule has 1 rings (SSSR count). The molecule has 0 saturated carbocycles. The maximum Gasteiger partial charge on any atom is 0.120 e. The Bertz CT molecular complexity index is 432. The van der Waals surface area contributed by atoms with E-state index in [4.69, 9.17) is 0 Å². The Morgan fingerprint density at radius 1 is 1.35 bits per heavy atom. The number of phenols is 1. The van der Waals surface area contributed by atoms with Crippen LogP contribution in [0.15, 0.2) is 22.7 Å². The second-order valence-electron chi connectivity index (χ2n) is 6.45. The van der Waals surface area contributed by atoms with E-state index in [9.17, 15) is 5.11 Å². The summed E-state index contributed by atoms with van der Waals surface area (Å²) < 4.78 is 0.998. The van der Waals surface area contributed by atoms with Crippen molar-refractivity contribution >= 4 is 15.9 Å². The topological polar surface area (TPSA) is 35.5 Å². The number of hydrogen-bond acceptors (Lipinski definition) is 3. The summed E-state index contributed by atoms with van der Waals surface area (Å²) in [5.74, 6) is 0.359. The third-order valence-electron chi connectivity index (χ3n) is 3.34. The fourth-order valence-electron chi connectivity index (χ4n) is 2.59. The molecular formula is C16H27BrN2O. The third-order valence-corrected chi connectivity index (χ3v) is 3.84. The summed E-state index contributed by atoms with van der Waals surface area (Å²) in [6, 6.07) is 5.78. The van der Waals surface area contributed by atoms with Gasteiger partial charge in [0.05, 0.1) is 0 Å². The highest BCUT2D eigenvalue weighted by Gasteiger charge is 2.21.